The van der Waals surface area contributed by atoms with Crippen molar-refractivity contribution in [2.75, 3.05) is 40.0 Å². The van der Waals surface area contributed by atoms with Crippen LogP contribution in [0.1, 0.15) is 10.4 Å². The van der Waals surface area contributed by atoms with E-state index >= 15 is 0 Å². The van der Waals surface area contributed by atoms with Gasteiger partial charge >= 0.3 is 0 Å². The van der Waals surface area contributed by atoms with Crippen molar-refractivity contribution in [3.63, 3.8) is 0 Å². The topological polar surface area (TPSA) is 59.6 Å². The minimum atomic E-state index is -0.0891. The quantitative estimate of drug-likeness (QED) is 0.509. The Morgan fingerprint density at radius 1 is 1.24 bits per heavy atom. The summed E-state index contributed by atoms with van der Waals surface area (Å²) in [6.07, 6.45) is 1.68. The highest BCUT2D eigenvalue weighted by Gasteiger charge is 2.04. The van der Waals surface area contributed by atoms with Crippen molar-refractivity contribution < 1.29 is 14.3 Å². The lowest BCUT2D eigenvalue weighted by Gasteiger charge is -2.07. The van der Waals surface area contributed by atoms with Gasteiger partial charge in [0, 0.05) is 32.3 Å². The van der Waals surface area contributed by atoms with E-state index in [2.05, 4.69) is 17.2 Å². The van der Waals surface area contributed by atoms with Crippen molar-refractivity contribution in [2.24, 2.45) is 0 Å². The first kappa shape index (κ1) is 19.4. The van der Waals surface area contributed by atoms with Gasteiger partial charge in [-0.1, -0.05) is 12.7 Å². The van der Waals surface area contributed by atoms with E-state index in [0.717, 1.165) is 18.8 Å². The number of ether oxygens (including phenoxy) is 2. The summed E-state index contributed by atoms with van der Waals surface area (Å²) in [5.74, 6) is 0.636. The molecule has 0 unspecified atom stereocenters. The number of amides is 1. The monoisotopic (exact) mass is 314 g/mol. The molecule has 1 aromatic rings. The highest BCUT2D eigenvalue weighted by Crippen LogP contribution is 2.11. The Morgan fingerprint density at radius 3 is 2.57 bits per heavy atom. The summed E-state index contributed by atoms with van der Waals surface area (Å²) in [6.45, 7) is 6.78. The fourth-order valence-corrected chi connectivity index (χ4v) is 1.52. The maximum atomic E-state index is 11.8. The average molecular weight is 315 g/mol. The third kappa shape index (κ3) is 8.34. The molecule has 0 aliphatic carbocycles. The molecule has 118 valence electrons. The summed E-state index contributed by atoms with van der Waals surface area (Å²) in [5, 5.41) is 6.00. The molecule has 0 radical (unpaired) electrons. The van der Waals surface area contributed by atoms with Crippen molar-refractivity contribution >= 4 is 18.3 Å². The molecular formula is C15H23ClN2O3. The SMILES string of the molecule is C=CCOc1ccc(C(=O)NCCNCCOC)cc1.Cl. The summed E-state index contributed by atoms with van der Waals surface area (Å²) < 4.78 is 10.3. The molecule has 6 heteroatoms. The maximum Gasteiger partial charge on any atom is 0.251 e. The van der Waals surface area contributed by atoms with Gasteiger partial charge in [-0.25, -0.2) is 0 Å². The predicted octanol–water partition coefficient (Wildman–Crippen LogP) is 1.64. The molecule has 1 rings (SSSR count). The molecule has 0 spiro atoms. The van der Waals surface area contributed by atoms with Crippen LogP contribution < -0.4 is 15.4 Å². The Balaban J connectivity index is 0.00000400. The number of hydrogen-bond acceptors (Lipinski definition) is 4. The smallest absolute Gasteiger partial charge is 0.251 e. The predicted molar refractivity (Wildman–Crippen MR) is 86.5 cm³/mol. The zero-order chi connectivity index (χ0) is 14.6. The molecule has 21 heavy (non-hydrogen) atoms. The molecule has 1 amide bonds. The molecule has 0 aliphatic heterocycles. The molecule has 1 aromatic carbocycles. The number of hydrogen-bond donors (Lipinski definition) is 2. The van der Waals surface area contributed by atoms with Crippen molar-refractivity contribution in [1.82, 2.24) is 10.6 Å². The maximum absolute atomic E-state index is 11.8. The van der Waals surface area contributed by atoms with E-state index in [0.29, 0.717) is 25.3 Å². The molecule has 0 saturated heterocycles. The van der Waals surface area contributed by atoms with Crippen LogP contribution in [0.5, 0.6) is 5.75 Å². The Hall–Kier alpha value is -1.56. The molecule has 0 saturated carbocycles. The second kappa shape index (κ2) is 12.2. The van der Waals surface area contributed by atoms with E-state index < -0.39 is 0 Å². The first-order valence-electron chi connectivity index (χ1n) is 6.59. The molecule has 0 aromatic heterocycles. The number of rotatable bonds is 10. The van der Waals surface area contributed by atoms with Crippen LogP contribution >= 0.6 is 12.4 Å². The fraction of sp³-hybridized carbons (Fsp3) is 0.400. The Kier molecular flexibility index (Phi) is 11.3. The highest BCUT2D eigenvalue weighted by atomic mass is 35.5. The largest absolute Gasteiger partial charge is 0.490 e. The van der Waals surface area contributed by atoms with Crippen LogP contribution in [0.25, 0.3) is 0 Å². The van der Waals surface area contributed by atoms with Crippen LogP contribution in [0.4, 0.5) is 0 Å². The van der Waals surface area contributed by atoms with Gasteiger partial charge < -0.3 is 20.1 Å². The zero-order valence-electron chi connectivity index (χ0n) is 12.3. The summed E-state index contributed by atoms with van der Waals surface area (Å²) in [5.41, 5.74) is 0.618. The molecule has 0 aliphatic rings. The van der Waals surface area contributed by atoms with E-state index in [1.54, 1.807) is 37.5 Å². The second-order valence-corrected chi connectivity index (χ2v) is 4.12. The van der Waals surface area contributed by atoms with E-state index in [1.807, 2.05) is 0 Å². The highest BCUT2D eigenvalue weighted by molar-refractivity contribution is 5.94. The zero-order valence-corrected chi connectivity index (χ0v) is 13.1. The third-order valence-electron chi connectivity index (χ3n) is 2.55. The van der Waals surface area contributed by atoms with Crippen LogP contribution in [0.3, 0.4) is 0 Å². The standard InChI is InChI=1S/C15H22N2O3.ClH/c1-3-11-20-14-6-4-13(5-7-14)15(18)17-9-8-16-10-12-19-2;/h3-7,16H,1,8-12H2,2H3,(H,17,18);1H. The Labute approximate surface area is 132 Å². The van der Waals surface area contributed by atoms with E-state index in [9.17, 15) is 4.79 Å². The van der Waals surface area contributed by atoms with E-state index in [1.165, 1.54) is 0 Å². The number of nitrogens with one attached hydrogen (secondary N) is 2. The van der Waals surface area contributed by atoms with Crippen molar-refractivity contribution in [1.29, 1.82) is 0 Å². The Morgan fingerprint density at radius 2 is 1.95 bits per heavy atom. The van der Waals surface area contributed by atoms with Crippen LogP contribution in [0, 0.1) is 0 Å². The van der Waals surface area contributed by atoms with Gasteiger partial charge in [0.05, 0.1) is 6.61 Å². The lowest BCUT2D eigenvalue weighted by Crippen LogP contribution is -2.33. The molecule has 0 bridgehead atoms. The van der Waals surface area contributed by atoms with E-state index in [-0.39, 0.29) is 18.3 Å². The van der Waals surface area contributed by atoms with Gasteiger partial charge in [0.25, 0.3) is 5.91 Å². The summed E-state index contributed by atoms with van der Waals surface area (Å²) >= 11 is 0. The summed E-state index contributed by atoms with van der Waals surface area (Å²) in [6, 6.07) is 7.03. The van der Waals surface area contributed by atoms with Gasteiger partial charge in [-0.15, -0.1) is 12.4 Å². The average Bonchev–Trinajstić information content (AvgIpc) is 2.49. The van der Waals surface area contributed by atoms with Crippen molar-refractivity contribution in [2.45, 2.75) is 0 Å². The van der Waals surface area contributed by atoms with Gasteiger partial charge in [-0.2, -0.15) is 0 Å². The molecule has 2 N–H and O–H groups in total. The minimum Gasteiger partial charge on any atom is -0.490 e. The van der Waals surface area contributed by atoms with Crippen molar-refractivity contribution in [3.8, 4) is 5.75 Å². The molecule has 0 fully saturated rings. The molecular weight excluding hydrogens is 292 g/mol. The number of carbonyl (C=O) groups excluding carboxylic acids is 1. The second-order valence-electron chi connectivity index (χ2n) is 4.12. The first-order valence-corrected chi connectivity index (χ1v) is 6.59. The van der Waals surface area contributed by atoms with Gasteiger partial charge in [0.1, 0.15) is 12.4 Å². The molecule has 0 heterocycles. The van der Waals surface area contributed by atoms with Crippen molar-refractivity contribution in [3.05, 3.63) is 42.5 Å². The lowest BCUT2D eigenvalue weighted by molar-refractivity contribution is 0.0953. The summed E-state index contributed by atoms with van der Waals surface area (Å²) in [7, 11) is 1.66. The van der Waals surface area contributed by atoms with E-state index in [4.69, 9.17) is 9.47 Å². The fourth-order valence-electron chi connectivity index (χ4n) is 1.52. The molecule has 5 nitrogen and oxygen atoms in total. The number of carbonyl (C=O) groups is 1. The first-order chi connectivity index (χ1) is 9.77. The van der Waals surface area contributed by atoms with Gasteiger partial charge in [-0.3, -0.25) is 4.79 Å². The van der Waals surface area contributed by atoms with Crippen LogP contribution in [0.15, 0.2) is 36.9 Å². The van der Waals surface area contributed by atoms with Gasteiger partial charge in [0.2, 0.25) is 0 Å². The lowest BCUT2D eigenvalue weighted by atomic mass is 10.2. The minimum absolute atomic E-state index is 0. The third-order valence-corrected chi connectivity index (χ3v) is 2.55. The van der Waals surface area contributed by atoms with Crippen LogP contribution in [-0.4, -0.2) is 45.9 Å². The molecule has 0 atom stereocenters. The Bertz CT molecular complexity index is 410. The number of methoxy groups -OCH3 is 1. The van der Waals surface area contributed by atoms with Crippen LogP contribution in [-0.2, 0) is 4.74 Å². The summed E-state index contributed by atoms with van der Waals surface area (Å²) in [4.78, 5) is 11.8. The van der Waals surface area contributed by atoms with Gasteiger partial charge in [-0.05, 0) is 24.3 Å². The van der Waals surface area contributed by atoms with Gasteiger partial charge in [0.15, 0.2) is 0 Å². The normalized spacial score (nSPS) is 9.57. The number of halogens is 1. The number of benzene rings is 1. The van der Waals surface area contributed by atoms with Crippen LogP contribution in [0.2, 0.25) is 0 Å².